The predicted octanol–water partition coefficient (Wildman–Crippen LogP) is 3.99. The summed E-state index contributed by atoms with van der Waals surface area (Å²) >= 11 is 4.71. The fourth-order valence-corrected chi connectivity index (χ4v) is 3.10. The van der Waals surface area contributed by atoms with Crippen molar-refractivity contribution in [2.75, 3.05) is 19.4 Å². The Morgan fingerprint density at radius 3 is 2.62 bits per heavy atom. The highest BCUT2D eigenvalue weighted by Gasteiger charge is 2.15. The van der Waals surface area contributed by atoms with Crippen LogP contribution in [0, 0.1) is 11.3 Å². The molecular formula is C16H13BrN6S. The molecule has 0 atom stereocenters. The molecule has 0 aliphatic carbocycles. The van der Waals surface area contributed by atoms with Crippen molar-refractivity contribution in [3.63, 3.8) is 0 Å². The molecule has 3 rings (SSSR count). The number of aromatic nitrogens is 2. The van der Waals surface area contributed by atoms with Crippen LogP contribution in [0.1, 0.15) is 4.88 Å². The second-order valence-corrected chi connectivity index (χ2v) is 6.98. The highest BCUT2D eigenvalue weighted by atomic mass is 79.9. The first-order chi connectivity index (χ1) is 11.6. The van der Waals surface area contributed by atoms with E-state index in [9.17, 15) is 5.26 Å². The number of nitriles is 1. The number of hydrogen-bond donors (Lipinski definition) is 1. The number of anilines is 1. The van der Waals surface area contributed by atoms with Crippen molar-refractivity contribution in [2.45, 2.75) is 0 Å². The van der Waals surface area contributed by atoms with Crippen LogP contribution in [0.15, 0.2) is 46.1 Å². The van der Waals surface area contributed by atoms with E-state index in [0.717, 1.165) is 10.2 Å². The average molecular weight is 401 g/mol. The van der Waals surface area contributed by atoms with Crippen LogP contribution in [0.5, 0.6) is 0 Å². The molecule has 0 saturated heterocycles. The van der Waals surface area contributed by atoms with Crippen LogP contribution in [-0.4, -0.2) is 34.9 Å². The lowest BCUT2D eigenvalue weighted by Gasteiger charge is -2.17. The van der Waals surface area contributed by atoms with Gasteiger partial charge in [0.05, 0.1) is 0 Å². The molecule has 8 heteroatoms. The van der Waals surface area contributed by atoms with Crippen LogP contribution in [0.4, 0.5) is 11.4 Å². The number of rotatable bonds is 2. The van der Waals surface area contributed by atoms with E-state index < -0.39 is 0 Å². The zero-order valence-electron chi connectivity index (χ0n) is 13.0. The maximum atomic E-state index is 9.39. The van der Waals surface area contributed by atoms with Gasteiger partial charge in [0.25, 0.3) is 0 Å². The summed E-state index contributed by atoms with van der Waals surface area (Å²) in [6.45, 7) is 0. The summed E-state index contributed by atoms with van der Waals surface area (Å²) in [6.07, 6.45) is 3.22. The summed E-state index contributed by atoms with van der Waals surface area (Å²) in [6, 6.07) is 9.96. The Labute approximate surface area is 151 Å². The fraction of sp³-hybridized carbons (Fsp3) is 0.125. The lowest BCUT2D eigenvalue weighted by molar-refractivity contribution is 0.621. The molecule has 2 aromatic heterocycles. The minimum Gasteiger partial charge on any atom is -0.349 e. The Kier molecular flexibility index (Phi) is 4.74. The van der Waals surface area contributed by atoms with Gasteiger partial charge < -0.3 is 10.2 Å². The molecule has 0 amide bonds. The third-order valence-corrected chi connectivity index (χ3v) is 4.66. The Morgan fingerprint density at radius 2 is 1.96 bits per heavy atom. The zero-order valence-corrected chi connectivity index (χ0v) is 15.4. The normalized spacial score (nSPS) is 11.3. The molecule has 2 heterocycles. The van der Waals surface area contributed by atoms with E-state index >= 15 is 0 Å². The Hall–Kier alpha value is -2.50. The number of halogens is 1. The van der Waals surface area contributed by atoms with Gasteiger partial charge in [-0.15, -0.1) is 11.3 Å². The van der Waals surface area contributed by atoms with E-state index in [2.05, 4.69) is 42.3 Å². The molecule has 6 nitrogen and oxygen atoms in total. The zero-order chi connectivity index (χ0) is 17.1. The molecule has 1 N–H and O–H groups in total. The number of guanidine groups is 1. The third kappa shape index (κ3) is 3.37. The van der Waals surface area contributed by atoms with E-state index in [1.54, 1.807) is 12.4 Å². The van der Waals surface area contributed by atoms with Crippen LogP contribution in [-0.2, 0) is 0 Å². The van der Waals surface area contributed by atoms with Gasteiger partial charge in [0, 0.05) is 36.6 Å². The molecule has 3 aromatic rings. The fourth-order valence-electron chi connectivity index (χ4n) is 2.00. The number of thiophene rings is 1. The van der Waals surface area contributed by atoms with Crippen molar-refractivity contribution in [1.82, 2.24) is 14.9 Å². The van der Waals surface area contributed by atoms with Gasteiger partial charge in [0.15, 0.2) is 0 Å². The van der Waals surface area contributed by atoms with Gasteiger partial charge in [-0.3, -0.25) is 0 Å². The molecule has 0 saturated carbocycles. The first kappa shape index (κ1) is 16.4. The third-order valence-electron chi connectivity index (χ3n) is 3.15. The van der Waals surface area contributed by atoms with Crippen LogP contribution >= 0.6 is 27.3 Å². The Morgan fingerprint density at radius 1 is 1.25 bits per heavy atom. The summed E-state index contributed by atoms with van der Waals surface area (Å²) in [4.78, 5) is 16.3. The van der Waals surface area contributed by atoms with Crippen LogP contribution in [0.3, 0.4) is 0 Å². The minimum absolute atomic E-state index is 0.494. The van der Waals surface area contributed by atoms with Gasteiger partial charge >= 0.3 is 0 Å². The molecular weight excluding hydrogens is 388 g/mol. The Balaban J connectivity index is 2.06. The first-order valence-electron chi connectivity index (χ1n) is 7.00. The molecule has 0 aliphatic heterocycles. The number of nitrogens with zero attached hydrogens (tertiary/aromatic N) is 5. The molecule has 120 valence electrons. The van der Waals surface area contributed by atoms with Gasteiger partial charge in [-0.2, -0.15) is 5.26 Å². The molecule has 0 unspecified atom stereocenters. The maximum Gasteiger partial charge on any atom is 0.203 e. The highest BCUT2D eigenvalue weighted by Crippen LogP contribution is 2.35. The van der Waals surface area contributed by atoms with Gasteiger partial charge in [-0.25, -0.2) is 15.0 Å². The van der Waals surface area contributed by atoms with E-state index in [-0.39, 0.29) is 0 Å². The summed E-state index contributed by atoms with van der Waals surface area (Å²) in [7, 11) is 3.77. The van der Waals surface area contributed by atoms with Gasteiger partial charge in [-0.1, -0.05) is 15.9 Å². The molecule has 0 aliphatic rings. The van der Waals surface area contributed by atoms with Crippen molar-refractivity contribution in [2.24, 2.45) is 4.99 Å². The second-order valence-electron chi connectivity index (χ2n) is 5.06. The number of aliphatic imine (C=N–C) groups is 1. The van der Waals surface area contributed by atoms with Crippen LogP contribution < -0.4 is 5.32 Å². The van der Waals surface area contributed by atoms with Gasteiger partial charge in [0.1, 0.15) is 27.0 Å². The standard InChI is InChI=1S/C16H13BrN6S/c1-23(2)16(21-11-5-3-10(17)4-6-11)22-13-12(9-18)24-15-14(13)19-7-8-20-15/h3-8H,1-2H3,(H,21,22). The summed E-state index contributed by atoms with van der Waals surface area (Å²) in [5.74, 6) is 0.610. The number of nitrogens with one attached hydrogen (secondary N) is 1. The largest absolute Gasteiger partial charge is 0.349 e. The number of fused-ring (bicyclic) bond motifs is 1. The smallest absolute Gasteiger partial charge is 0.203 e. The molecule has 0 radical (unpaired) electrons. The molecule has 0 bridgehead atoms. The maximum absolute atomic E-state index is 9.39. The number of hydrogen-bond acceptors (Lipinski definition) is 5. The Bertz CT molecular complexity index is 939. The first-order valence-corrected chi connectivity index (χ1v) is 8.61. The molecule has 0 spiro atoms. The molecule has 24 heavy (non-hydrogen) atoms. The summed E-state index contributed by atoms with van der Waals surface area (Å²) in [5.41, 5.74) is 2.07. The molecule has 0 fully saturated rings. The summed E-state index contributed by atoms with van der Waals surface area (Å²) < 4.78 is 1.00. The van der Waals surface area contributed by atoms with Crippen LogP contribution in [0.25, 0.3) is 10.3 Å². The average Bonchev–Trinajstić information content (AvgIpc) is 2.94. The topological polar surface area (TPSA) is 77.2 Å². The van der Waals surface area contributed by atoms with Crippen molar-refractivity contribution < 1.29 is 0 Å². The predicted molar refractivity (Wildman–Crippen MR) is 101 cm³/mol. The van der Waals surface area contributed by atoms with E-state index in [4.69, 9.17) is 0 Å². The lowest BCUT2D eigenvalue weighted by Crippen LogP contribution is -2.29. The van der Waals surface area contributed by atoms with Crippen molar-refractivity contribution >= 4 is 54.9 Å². The SMILES string of the molecule is CN(C)C(=Nc1c(C#N)sc2nccnc12)Nc1ccc(Br)cc1. The minimum atomic E-state index is 0.494. The van der Waals surface area contributed by atoms with Gasteiger partial charge in [0.2, 0.25) is 5.96 Å². The second kappa shape index (κ2) is 6.95. The monoisotopic (exact) mass is 400 g/mol. The van der Waals surface area contributed by atoms with Crippen molar-refractivity contribution in [1.29, 1.82) is 5.26 Å². The summed E-state index contributed by atoms with van der Waals surface area (Å²) in [5, 5.41) is 12.6. The molecule has 1 aromatic carbocycles. The van der Waals surface area contributed by atoms with Crippen molar-refractivity contribution in [3.05, 3.63) is 46.0 Å². The van der Waals surface area contributed by atoms with E-state index in [1.165, 1.54) is 11.3 Å². The van der Waals surface area contributed by atoms with Gasteiger partial charge in [-0.05, 0) is 24.3 Å². The highest BCUT2D eigenvalue weighted by molar-refractivity contribution is 9.10. The lowest BCUT2D eigenvalue weighted by atomic mass is 10.3. The quantitative estimate of drug-likeness (QED) is 0.519. The van der Waals surface area contributed by atoms with E-state index in [1.807, 2.05) is 43.3 Å². The van der Waals surface area contributed by atoms with E-state index in [0.29, 0.717) is 26.9 Å². The van der Waals surface area contributed by atoms with Crippen LogP contribution in [0.2, 0.25) is 0 Å². The number of benzene rings is 1. The van der Waals surface area contributed by atoms with Crippen molar-refractivity contribution in [3.8, 4) is 6.07 Å².